The van der Waals surface area contributed by atoms with Gasteiger partial charge in [-0.2, -0.15) is 0 Å². The third-order valence-corrected chi connectivity index (χ3v) is 6.47. The summed E-state index contributed by atoms with van der Waals surface area (Å²) in [6.45, 7) is 8.70. The standard InChI is InChI=1S/C28H31N3O3/c1-20-14-21(2)16-24(15-20)29-28(32)27(23-6-4-3-5-7-23)31-12-10-30(11-13-31)18-22-8-9-25-26(17-22)34-19-33-25/h3-9,14-17,27H,10-13,18-19H2,1-2H3,(H,29,32)/t27-/m0/s1. The van der Waals surface area contributed by atoms with Crippen molar-refractivity contribution in [1.82, 2.24) is 9.80 Å². The van der Waals surface area contributed by atoms with Gasteiger partial charge in [0.1, 0.15) is 6.04 Å². The van der Waals surface area contributed by atoms with Gasteiger partial charge in [-0.05, 0) is 60.4 Å². The minimum atomic E-state index is -0.324. The molecular weight excluding hydrogens is 426 g/mol. The quantitative estimate of drug-likeness (QED) is 0.590. The summed E-state index contributed by atoms with van der Waals surface area (Å²) in [5.41, 5.74) is 5.37. The van der Waals surface area contributed by atoms with E-state index in [1.165, 1.54) is 5.56 Å². The molecule has 2 heterocycles. The Morgan fingerprint density at radius 1 is 0.882 bits per heavy atom. The van der Waals surface area contributed by atoms with E-state index in [-0.39, 0.29) is 11.9 Å². The van der Waals surface area contributed by atoms with Crippen LogP contribution in [-0.4, -0.2) is 48.7 Å². The summed E-state index contributed by atoms with van der Waals surface area (Å²) in [7, 11) is 0. The molecule has 1 N–H and O–H groups in total. The molecule has 0 radical (unpaired) electrons. The van der Waals surface area contributed by atoms with E-state index in [1.54, 1.807) is 0 Å². The maximum atomic E-state index is 13.5. The maximum Gasteiger partial charge on any atom is 0.246 e. The van der Waals surface area contributed by atoms with Crippen LogP contribution in [0.15, 0.2) is 66.7 Å². The van der Waals surface area contributed by atoms with Gasteiger partial charge in [0.05, 0.1) is 0 Å². The lowest BCUT2D eigenvalue weighted by atomic mass is 10.0. The van der Waals surface area contributed by atoms with Crippen LogP contribution in [0.3, 0.4) is 0 Å². The second-order valence-electron chi connectivity index (χ2n) is 9.18. The number of rotatable bonds is 6. The molecule has 2 aliphatic rings. The van der Waals surface area contributed by atoms with E-state index >= 15 is 0 Å². The highest BCUT2D eigenvalue weighted by Crippen LogP contribution is 2.33. The van der Waals surface area contributed by atoms with Gasteiger partial charge >= 0.3 is 0 Å². The second-order valence-corrected chi connectivity index (χ2v) is 9.18. The highest BCUT2D eigenvalue weighted by Gasteiger charge is 2.30. The number of anilines is 1. The molecule has 1 saturated heterocycles. The highest BCUT2D eigenvalue weighted by molar-refractivity contribution is 5.95. The van der Waals surface area contributed by atoms with Gasteiger partial charge in [0.2, 0.25) is 12.7 Å². The van der Waals surface area contributed by atoms with E-state index in [1.807, 2.05) is 48.5 Å². The molecule has 0 aliphatic carbocycles. The summed E-state index contributed by atoms with van der Waals surface area (Å²) in [5, 5.41) is 3.17. The Balaban J connectivity index is 1.27. The smallest absolute Gasteiger partial charge is 0.246 e. The molecule has 1 atom stereocenters. The third kappa shape index (κ3) is 5.08. The lowest BCUT2D eigenvalue weighted by Crippen LogP contribution is -2.49. The van der Waals surface area contributed by atoms with Crippen LogP contribution in [0, 0.1) is 13.8 Å². The first-order valence-electron chi connectivity index (χ1n) is 11.8. The molecule has 5 rings (SSSR count). The predicted molar refractivity (Wildman–Crippen MR) is 133 cm³/mol. The molecule has 3 aromatic rings. The van der Waals surface area contributed by atoms with Crippen molar-refractivity contribution < 1.29 is 14.3 Å². The predicted octanol–water partition coefficient (Wildman–Crippen LogP) is 4.53. The van der Waals surface area contributed by atoms with Crippen molar-refractivity contribution in [1.29, 1.82) is 0 Å². The average Bonchev–Trinajstić information content (AvgIpc) is 3.28. The van der Waals surface area contributed by atoms with Gasteiger partial charge in [0, 0.05) is 38.4 Å². The van der Waals surface area contributed by atoms with E-state index in [9.17, 15) is 4.79 Å². The van der Waals surface area contributed by atoms with Crippen LogP contribution in [0.4, 0.5) is 5.69 Å². The van der Waals surface area contributed by atoms with Crippen LogP contribution in [0.25, 0.3) is 0 Å². The topological polar surface area (TPSA) is 54.0 Å². The Labute approximate surface area is 201 Å². The first-order chi connectivity index (χ1) is 16.5. The SMILES string of the molecule is Cc1cc(C)cc(NC(=O)[C@H](c2ccccc2)N2CCN(Cc3ccc4c(c3)OCO4)CC2)c1. The summed E-state index contributed by atoms with van der Waals surface area (Å²) < 4.78 is 10.9. The van der Waals surface area contributed by atoms with Gasteiger partial charge in [-0.1, -0.05) is 42.5 Å². The number of ether oxygens (including phenoxy) is 2. The Hall–Kier alpha value is -3.35. The van der Waals surface area contributed by atoms with E-state index in [4.69, 9.17) is 9.47 Å². The summed E-state index contributed by atoms with van der Waals surface area (Å²) >= 11 is 0. The molecule has 6 heteroatoms. The lowest BCUT2D eigenvalue weighted by Gasteiger charge is -2.39. The number of hydrogen-bond acceptors (Lipinski definition) is 5. The van der Waals surface area contributed by atoms with Crippen molar-refractivity contribution in [3.05, 3.63) is 89.0 Å². The number of nitrogens with one attached hydrogen (secondary N) is 1. The lowest BCUT2D eigenvalue weighted by molar-refractivity contribution is -0.122. The molecule has 176 valence electrons. The first kappa shape index (κ1) is 22.4. The van der Waals surface area contributed by atoms with Crippen LogP contribution in [0.2, 0.25) is 0 Å². The fourth-order valence-corrected chi connectivity index (χ4v) is 4.90. The van der Waals surface area contributed by atoms with Crippen molar-refractivity contribution in [2.24, 2.45) is 0 Å². The van der Waals surface area contributed by atoms with Crippen molar-refractivity contribution in [2.45, 2.75) is 26.4 Å². The normalized spacial score (nSPS) is 16.9. The summed E-state index contributed by atoms with van der Waals surface area (Å²) in [5.74, 6) is 1.65. The number of aryl methyl sites for hydroxylation is 2. The third-order valence-electron chi connectivity index (χ3n) is 6.47. The fourth-order valence-electron chi connectivity index (χ4n) is 4.90. The zero-order valence-electron chi connectivity index (χ0n) is 19.8. The van der Waals surface area contributed by atoms with Crippen LogP contribution in [0.1, 0.15) is 28.3 Å². The summed E-state index contributed by atoms with van der Waals surface area (Å²) in [6.07, 6.45) is 0. The van der Waals surface area contributed by atoms with Crippen LogP contribution in [-0.2, 0) is 11.3 Å². The Morgan fingerprint density at radius 2 is 1.59 bits per heavy atom. The van der Waals surface area contributed by atoms with Gasteiger partial charge in [0.25, 0.3) is 0 Å². The Kier molecular flexibility index (Phi) is 6.52. The highest BCUT2D eigenvalue weighted by atomic mass is 16.7. The molecule has 0 unspecified atom stereocenters. The van der Waals surface area contributed by atoms with E-state index in [0.717, 1.165) is 66.6 Å². The molecule has 3 aromatic carbocycles. The van der Waals surface area contributed by atoms with Gasteiger partial charge in [0.15, 0.2) is 11.5 Å². The molecular formula is C28H31N3O3. The molecule has 0 saturated carbocycles. The van der Waals surface area contributed by atoms with Crippen LogP contribution < -0.4 is 14.8 Å². The van der Waals surface area contributed by atoms with Crippen molar-refractivity contribution in [2.75, 3.05) is 38.3 Å². The van der Waals surface area contributed by atoms with Gasteiger partial charge in [-0.3, -0.25) is 14.6 Å². The maximum absolute atomic E-state index is 13.5. The molecule has 0 bridgehead atoms. The number of amides is 1. The molecule has 0 spiro atoms. The average molecular weight is 458 g/mol. The van der Waals surface area contributed by atoms with Crippen molar-refractivity contribution in [3.63, 3.8) is 0 Å². The van der Waals surface area contributed by atoms with Crippen molar-refractivity contribution >= 4 is 11.6 Å². The number of fused-ring (bicyclic) bond motifs is 1. The van der Waals surface area contributed by atoms with E-state index in [0.29, 0.717) is 6.79 Å². The summed E-state index contributed by atoms with van der Waals surface area (Å²) in [4.78, 5) is 18.2. The van der Waals surface area contributed by atoms with Gasteiger partial charge < -0.3 is 14.8 Å². The number of hydrogen-bond donors (Lipinski definition) is 1. The minimum absolute atomic E-state index is 0.0143. The van der Waals surface area contributed by atoms with Gasteiger partial charge in [-0.15, -0.1) is 0 Å². The largest absolute Gasteiger partial charge is 0.454 e. The van der Waals surface area contributed by atoms with E-state index in [2.05, 4.69) is 47.2 Å². The number of carbonyl (C=O) groups excluding carboxylic acids is 1. The molecule has 1 fully saturated rings. The zero-order valence-corrected chi connectivity index (χ0v) is 19.8. The van der Waals surface area contributed by atoms with Crippen LogP contribution in [0.5, 0.6) is 11.5 Å². The molecule has 34 heavy (non-hydrogen) atoms. The molecule has 2 aliphatic heterocycles. The number of carbonyl (C=O) groups is 1. The van der Waals surface area contributed by atoms with Crippen LogP contribution >= 0.6 is 0 Å². The minimum Gasteiger partial charge on any atom is -0.454 e. The molecule has 6 nitrogen and oxygen atoms in total. The number of piperazine rings is 1. The van der Waals surface area contributed by atoms with E-state index < -0.39 is 0 Å². The second kappa shape index (κ2) is 9.87. The monoisotopic (exact) mass is 457 g/mol. The Bertz CT molecular complexity index is 1140. The fraction of sp³-hybridized carbons (Fsp3) is 0.321. The van der Waals surface area contributed by atoms with Crippen molar-refractivity contribution in [3.8, 4) is 11.5 Å². The van der Waals surface area contributed by atoms with Gasteiger partial charge in [-0.25, -0.2) is 0 Å². The summed E-state index contributed by atoms with van der Waals surface area (Å²) in [6, 6.07) is 22.1. The first-order valence-corrected chi connectivity index (χ1v) is 11.8. The number of benzene rings is 3. The number of nitrogens with zero attached hydrogens (tertiary/aromatic N) is 2. The Morgan fingerprint density at radius 3 is 2.32 bits per heavy atom. The zero-order chi connectivity index (χ0) is 23.5. The molecule has 0 aromatic heterocycles. The molecule has 1 amide bonds.